The zero-order chi connectivity index (χ0) is 14.0. The number of amides is 1. The van der Waals surface area contributed by atoms with Gasteiger partial charge in [0.05, 0.1) is 12.2 Å². The first-order valence-corrected chi connectivity index (χ1v) is 6.65. The summed E-state index contributed by atoms with van der Waals surface area (Å²) < 4.78 is 1.68. The van der Waals surface area contributed by atoms with Crippen LogP contribution in [0.2, 0.25) is 0 Å². The molecule has 0 bridgehead atoms. The van der Waals surface area contributed by atoms with E-state index in [0.717, 1.165) is 31.0 Å². The number of aromatic nitrogens is 2. The van der Waals surface area contributed by atoms with Gasteiger partial charge < -0.3 is 11.1 Å². The van der Waals surface area contributed by atoms with Crippen molar-refractivity contribution in [1.82, 2.24) is 14.7 Å². The second kappa shape index (κ2) is 7.98. The zero-order valence-corrected chi connectivity index (χ0v) is 14.4. The molecule has 1 aliphatic rings. The summed E-state index contributed by atoms with van der Waals surface area (Å²) in [6.07, 6.45) is 1.06. The Morgan fingerprint density at radius 2 is 2.19 bits per heavy atom. The highest BCUT2D eigenvalue weighted by Gasteiger charge is 2.33. The lowest BCUT2D eigenvalue weighted by molar-refractivity contribution is -0.117. The van der Waals surface area contributed by atoms with E-state index < -0.39 is 0 Å². The van der Waals surface area contributed by atoms with Crippen molar-refractivity contribution < 1.29 is 4.79 Å². The maximum absolute atomic E-state index is 12.0. The Kier molecular flexibility index (Phi) is 7.67. The molecule has 1 fully saturated rings. The lowest BCUT2D eigenvalue weighted by Gasteiger charge is -2.22. The van der Waals surface area contributed by atoms with Crippen molar-refractivity contribution in [3.8, 4) is 0 Å². The number of nitrogens with two attached hydrogens (primary N) is 1. The smallest absolute Gasteiger partial charge is 0.239 e. The predicted molar refractivity (Wildman–Crippen MR) is 89.3 cm³/mol. The van der Waals surface area contributed by atoms with E-state index in [-0.39, 0.29) is 36.1 Å². The molecule has 2 heterocycles. The molecule has 1 amide bonds. The Hall–Kier alpha value is -0.820. The SMILES string of the molecule is Cc1cc(NC(=O)CN2CCC(C)(CN)C2)n(C)n1.Cl.Cl. The fraction of sp³-hybridized carbons (Fsp3) is 0.692. The molecule has 6 nitrogen and oxygen atoms in total. The minimum atomic E-state index is 0. The molecule has 0 spiro atoms. The van der Waals surface area contributed by atoms with Crippen molar-refractivity contribution in [2.45, 2.75) is 20.3 Å². The highest BCUT2D eigenvalue weighted by Crippen LogP contribution is 2.28. The number of likely N-dealkylation sites (tertiary alicyclic amines) is 1. The summed E-state index contributed by atoms with van der Waals surface area (Å²) in [5.41, 5.74) is 6.82. The van der Waals surface area contributed by atoms with Crippen LogP contribution in [0.25, 0.3) is 0 Å². The van der Waals surface area contributed by atoms with Gasteiger partial charge in [0.1, 0.15) is 5.82 Å². The van der Waals surface area contributed by atoms with Crippen LogP contribution in [0.15, 0.2) is 6.07 Å². The van der Waals surface area contributed by atoms with Gasteiger partial charge in [0.2, 0.25) is 5.91 Å². The highest BCUT2D eigenvalue weighted by molar-refractivity contribution is 5.91. The molecule has 1 unspecified atom stereocenters. The van der Waals surface area contributed by atoms with E-state index in [9.17, 15) is 4.79 Å². The lowest BCUT2D eigenvalue weighted by atomic mass is 9.90. The molecule has 21 heavy (non-hydrogen) atoms. The molecular weight excluding hydrogens is 313 g/mol. The van der Waals surface area contributed by atoms with Crippen molar-refractivity contribution in [2.75, 3.05) is 31.5 Å². The van der Waals surface area contributed by atoms with Crippen LogP contribution in [0.5, 0.6) is 0 Å². The van der Waals surface area contributed by atoms with Crippen LogP contribution in [0.1, 0.15) is 19.0 Å². The molecule has 3 N–H and O–H groups in total. The Morgan fingerprint density at radius 1 is 1.52 bits per heavy atom. The zero-order valence-electron chi connectivity index (χ0n) is 12.8. The number of aryl methyl sites for hydroxylation is 2. The first kappa shape index (κ1) is 20.2. The van der Waals surface area contributed by atoms with E-state index in [1.165, 1.54) is 0 Å². The van der Waals surface area contributed by atoms with E-state index in [0.29, 0.717) is 13.1 Å². The van der Waals surface area contributed by atoms with E-state index in [1.54, 1.807) is 4.68 Å². The fourth-order valence-electron chi connectivity index (χ4n) is 2.54. The van der Waals surface area contributed by atoms with Crippen molar-refractivity contribution in [1.29, 1.82) is 0 Å². The lowest BCUT2D eigenvalue weighted by Crippen LogP contribution is -2.35. The molecule has 2 rings (SSSR count). The van der Waals surface area contributed by atoms with Crippen LogP contribution in [0.3, 0.4) is 0 Å². The number of nitrogens with one attached hydrogen (secondary N) is 1. The predicted octanol–water partition coefficient (Wildman–Crippen LogP) is 1.18. The largest absolute Gasteiger partial charge is 0.330 e. The summed E-state index contributed by atoms with van der Waals surface area (Å²) in [6.45, 7) is 7.00. The monoisotopic (exact) mass is 337 g/mol. The number of rotatable bonds is 4. The number of hydrogen-bond acceptors (Lipinski definition) is 4. The molecule has 1 aliphatic heterocycles. The Balaban J connectivity index is 0.00000200. The number of carbonyl (C=O) groups is 1. The Morgan fingerprint density at radius 3 is 2.67 bits per heavy atom. The molecule has 1 saturated heterocycles. The maximum Gasteiger partial charge on any atom is 0.239 e. The van der Waals surface area contributed by atoms with Gasteiger partial charge in [-0.2, -0.15) is 5.10 Å². The summed E-state index contributed by atoms with van der Waals surface area (Å²) in [5.74, 6) is 0.743. The minimum Gasteiger partial charge on any atom is -0.330 e. The van der Waals surface area contributed by atoms with Crippen LogP contribution in [0, 0.1) is 12.3 Å². The second-order valence-corrected chi connectivity index (χ2v) is 5.82. The summed E-state index contributed by atoms with van der Waals surface area (Å²) in [7, 11) is 1.82. The van der Waals surface area contributed by atoms with Crippen molar-refractivity contribution in [3.63, 3.8) is 0 Å². The van der Waals surface area contributed by atoms with Crippen LogP contribution >= 0.6 is 24.8 Å². The minimum absolute atomic E-state index is 0. The molecular formula is C13H25Cl2N5O. The van der Waals surface area contributed by atoms with Gasteiger partial charge >= 0.3 is 0 Å². The van der Waals surface area contributed by atoms with Crippen molar-refractivity contribution in [3.05, 3.63) is 11.8 Å². The van der Waals surface area contributed by atoms with Gasteiger partial charge in [-0.15, -0.1) is 24.8 Å². The molecule has 0 saturated carbocycles. The van der Waals surface area contributed by atoms with E-state index in [1.807, 2.05) is 20.0 Å². The molecule has 1 atom stereocenters. The van der Waals surface area contributed by atoms with Crippen LogP contribution in [0.4, 0.5) is 5.82 Å². The standard InChI is InChI=1S/C13H23N5O.2ClH/c1-10-6-11(17(3)16-10)15-12(19)7-18-5-4-13(2,8-14)9-18;;/h6H,4-5,7-9,14H2,1-3H3,(H,15,19);2*1H. The summed E-state index contributed by atoms with van der Waals surface area (Å²) in [4.78, 5) is 14.2. The highest BCUT2D eigenvalue weighted by atomic mass is 35.5. The third kappa shape index (κ3) is 5.14. The second-order valence-electron chi connectivity index (χ2n) is 5.82. The number of halogens is 2. The van der Waals surface area contributed by atoms with Gasteiger partial charge in [0, 0.05) is 19.7 Å². The third-order valence-corrected chi connectivity index (χ3v) is 3.77. The number of carbonyl (C=O) groups excluding carboxylic acids is 1. The van der Waals surface area contributed by atoms with Crippen LogP contribution in [-0.2, 0) is 11.8 Å². The quantitative estimate of drug-likeness (QED) is 0.864. The molecule has 122 valence electrons. The molecule has 0 aliphatic carbocycles. The third-order valence-electron chi connectivity index (χ3n) is 3.77. The average Bonchev–Trinajstić information content (AvgIpc) is 2.84. The van der Waals surface area contributed by atoms with Gasteiger partial charge in [-0.3, -0.25) is 14.4 Å². The molecule has 1 aromatic heterocycles. The molecule has 0 radical (unpaired) electrons. The van der Waals surface area contributed by atoms with Crippen molar-refractivity contribution in [2.24, 2.45) is 18.2 Å². The first-order valence-electron chi connectivity index (χ1n) is 6.65. The van der Waals surface area contributed by atoms with Gasteiger partial charge in [-0.05, 0) is 31.8 Å². The molecule has 1 aromatic rings. The van der Waals surface area contributed by atoms with E-state index >= 15 is 0 Å². The summed E-state index contributed by atoms with van der Waals surface area (Å²) in [6, 6.07) is 1.87. The van der Waals surface area contributed by atoms with Crippen LogP contribution < -0.4 is 11.1 Å². The number of nitrogens with zero attached hydrogens (tertiary/aromatic N) is 3. The summed E-state index contributed by atoms with van der Waals surface area (Å²) in [5, 5.41) is 7.10. The fourth-order valence-corrected chi connectivity index (χ4v) is 2.54. The van der Waals surface area contributed by atoms with Crippen LogP contribution in [-0.4, -0.2) is 46.8 Å². The normalized spacial score (nSPS) is 21.5. The van der Waals surface area contributed by atoms with E-state index in [4.69, 9.17) is 5.73 Å². The average molecular weight is 338 g/mol. The first-order chi connectivity index (χ1) is 8.92. The van der Waals surface area contributed by atoms with Crippen molar-refractivity contribution >= 4 is 36.5 Å². The Bertz CT molecular complexity index is 479. The maximum atomic E-state index is 12.0. The molecule has 0 aromatic carbocycles. The Labute approximate surface area is 138 Å². The number of anilines is 1. The van der Waals surface area contributed by atoms with Gasteiger partial charge in [-0.25, -0.2) is 0 Å². The topological polar surface area (TPSA) is 76.2 Å². The van der Waals surface area contributed by atoms with Gasteiger partial charge in [-0.1, -0.05) is 6.92 Å². The van der Waals surface area contributed by atoms with Gasteiger partial charge in [0.15, 0.2) is 0 Å². The van der Waals surface area contributed by atoms with Gasteiger partial charge in [0.25, 0.3) is 0 Å². The summed E-state index contributed by atoms with van der Waals surface area (Å²) >= 11 is 0. The van der Waals surface area contributed by atoms with E-state index in [2.05, 4.69) is 22.2 Å². The molecule has 8 heteroatoms. The number of hydrogen-bond donors (Lipinski definition) is 2.